The molecule has 1 aliphatic carbocycles. The normalized spacial score (nSPS) is 12.2. The first-order chi connectivity index (χ1) is 13.6. The highest BCUT2D eigenvalue weighted by atomic mass is 16.5. The summed E-state index contributed by atoms with van der Waals surface area (Å²) in [6.45, 7) is 0.188. The predicted molar refractivity (Wildman–Crippen MR) is 107 cm³/mol. The Bertz CT molecular complexity index is 1030. The smallest absolute Gasteiger partial charge is 0.340 e. The van der Waals surface area contributed by atoms with Crippen molar-refractivity contribution in [1.29, 1.82) is 0 Å². The van der Waals surface area contributed by atoms with Gasteiger partial charge in [0.1, 0.15) is 6.61 Å². The van der Waals surface area contributed by atoms with E-state index in [1.54, 1.807) is 19.2 Å². The summed E-state index contributed by atoms with van der Waals surface area (Å²) >= 11 is 0. The fourth-order valence-corrected chi connectivity index (χ4v) is 3.85. The molecular weight excluding hydrogens is 354 g/mol. The van der Waals surface area contributed by atoms with Gasteiger partial charge in [-0.25, -0.2) is 9.59 Å². The minimum atomic E-state index is -1.10. The number of ether oxygens (including phenoxy) is 1. The molecule has 0 aromatic heterocycles. The van der Waals surface area contributed by atoms with E-state index in [2.05, 4.69) is 29.6 Å². The second-order valence-electron chi connectivity index (χ2n) is 6.61. The Kier molecular flexibility index (Phi) is 4.57. The van der Waals surface area contributed by atoms with Crippen LogP contribution in [0.3, 0.4) is 0 Å². The fraction of sp³-hybridized carbons (Fsp3) is 0.130. The minimum Gasteiger partial charge on any atom is -0.478 e. The zero-order valence-corrected chi connectivity index (χ0v) is 15.3. The van der Waals surface area contributed by atoms with E-state index in [-0.39, 0.29) is 29.3 Å². The largest absolute Gasteiger partial charge is 0.478 e. The average molecular weight is 373 g/mol. The van der Waals surface area contributed by atoms with Crippen molar-refractivity contribution in [3.8, 4) is 11.1 Å². The summed E-state index contributed by atoms with van der Waals surface area (Å²) in [5.41, 5.74) is 5.07. The van der Waals surface area contributed by atoms with E-state index in [1.807, 2.05) is 24.3 Å². The topological polar surface area (TPSA) is 75.6 Å². The van der Waals surface area contributed by atoms with Crippen LogP contribution in [0.2, 0.25) is 0 Å². The predicted octanol–water partition coefficient (Wildman–Crippen LogP) is 4.40. The first-order valence-corrected chi connectivity index (χ1v) is 9.01. The molecular formula is C23H19NO4. The molecule has 0 unspecified atom stereocenters. The lowest BCUT2D eigenvalue weighted by Gasteiger charge is -2.16. The van der Waals surface area contributed by atoms with Crippen LogP contribution in [-0.4, -0.2) is 30.7 Å². The molecule has 2 N–H and O–H groups in total. The Morgan fingerprint density at radius 2 is 1.46 bits per heavy atom. The molecule has 0 saturated carbocycles. The van der Waals surface area contributed by atoms with Crippen molar-refractivity contribution in [2.45, 2.75) is 5.92 Å². The third-order valence-electron chi connectivity index (χ3n) is 5.11. The van der Waals surface area contributed by atoms with Gasteiger partial charge in [0.2, 0.25) is 0 Å². The number of nitrogens with one attached hydrogen (secondary N) is 1. The summed E-state index contributed by atoms with van der Waals surface area (Å²) in [6, 6.07) is 20.8. The molecule has 28 heavy (non-hydrogen) atoms. The number of fused-ring (bicyclic) bond motifs is 3. The van der Waals surface area contributed by atoms with Crippen molar-refractivity contribution in [3.05, 3.63) is 89.0 Å². The molecule has 1 aliphatic rings. The maximum Gasteiger partial charge on any atom is 0.340 e. The molecule has 0 amide bonds. The van der Waals surface area contributed by atoms with Crippen molar-refractivity contribution in [1.82, 2.24) is 0 Å². The number of carbonyl (C=O) groups excluding carboxylic acids is 1. The van der Waals surface area contributed by atoms with Gasteiger partial charge >= 0.3 is 11.9 Å². The summed E-state index contributed by atoms with van der Waals surface area (Å²) in [5.74, 6) is -1.69. The number of carboxylic acids is 1. The van der Waals surface area contributed by atoms with Crippen LogP contribution in [0.25, 0.3) is 11.1 Å². The molecule has 0 saturated heterocycles. The molecule has 0 bridgehead atoms. The van der Waals surface area contributed by atoms with Crippen LogP contribution in [0, 0.1) is 0 Å². The number of anilines is 1. The standard InChI is InChI=1S/C23H19NO4/c1-24-21-18(22(25)26)11-6-12-19(21)23(27)28-13-20-16-9-4-2-7-14(16)15-8-3-5-10-17(15)20/h2-12,20,24H,13H2,1H3,(H,25,26). The van der Waals surface area contributed by atoms with Crippen LogP contribution < -0.4 is 5.32 Å². The van der Waals surface area contributed by atoms with Crippen LogP contribution in [0.1, 0.15) is 37.8 Å². The van der Waals surface area contributed by atoms with Gasteiger partial charge < -0.3 is 15.2 Å². The van der Waals surface area contributed by atoms with Crippen LogP contribution in [-0.2, 0) is 4.74 Å². The van der Waals surface area contributed by atoms with Crippen LogP contribution in [0.5, 0.6) is 0 Å². The molecule has 140 valence electrons. The molecule has 0 radical (unpaired) electrons. The van der Waals surface area contributed by atoms with Crippen molar-refractivity contribution in [2.75, 3.05) is 19.0 Å². The van der Waals surface area contributed by atoms with E-state index in [0.29, 0.717) is 0 Å². The third-order valence-corrected chi connectivity index (χ3v) is 5.11. The van der Waals surface area contributed by atoms with Gasteiger partial charge in [0.05, 0.1) is 16.8 Å². The Hall–Kier alpha value is -3.60. The number of carbonyl (C=O) groups is 2. The number of esters is 1. The quantitative estimate of drug-likeness (QED) is 0.649. The summed E-state index contributed by atoms with van der Waals surface area (Å²) in [7, 11) is 1.59. The van der Waals surface area contributed by atoms with Crippen molar-refractivity contribution >= 4 is 17.6 Å². The highest BCUT2D eigenvalue weighted by molar-refractivity contribution is 6.03. The highest BCUT2D eigenvalue weighted by Crippen LogP contribution is 2.44. The summed E-state index contributed by atoms with van der Waals surface area (Å²) in [4.78, 5) is 24.1. The lowest BCUT2D eigenvalue weighted by atomic mass is 9.98. The molecule has 0 atom stereocenters. The lowest BCUT2D eigenvalue weighted by molar-refractivity contribution is 0.0494. The van der Waals surface area contributed by atoms with Gasteiger partial charge in [0.25, 0.3) is 0 Å². The number of benzene rings is 3. The van der Waals surface area contributed by atoms with Crippen molar-refractivity contribution < 1.29 is 19.4 Å². The van der Waals surface area contributed by atoms with E-state index >= 15 is 0 Å². The Morgan fingerprint density at radius 3 is 2.04 bits per heavy atom. The van der Waals surface area contributed by atoms with Crippen LogP contribution >= 0.6 is 0 Å². The molecule has 4 rings (SSSR count). The van der Waals surface area contributed by atoms with E-state index in [4.69, 9.17) is 4.74 Å². The molecule has 0 heterocycles. The van der Waals surface area contributed by atoms with Crippen LogP contribution in [0.4, 0.5) is 5.69 Å². The number of carboxylic acid groups (broad SMARTS) is 1. The van der Waals surface area contributed by atoms with Gasteiger partial charge in [-0.3, -0.25) is 0 Å². The summed E-state index contributed by atoms with van der Waals surface area (Å²) < 4.78 is 5.63. The zero-order chi connectivity index (χ0) is 19.7. The summed E-state index contributed by atoms with van der Waals surface area (Å²) in [5, 5.41) is 12.1. The minimum absolute atomic E-state index is 0.0357. The molecule has 0 spiro atoms. The Morgan fingerprint density at radius 1 is 0.893 bits per heavy atom. The molecule has 0 fully saturated rings. The number of aromatic carboxylic acids is 1. The maximum atomic E-state index is 12.7. The molecule has 3 aromatic carbocycles. The van der Waals surface area contributed by atoms with Gasteiger partial charge in [-0.1, -0.05) is 54.6 Å². The monoisotopic (exact) mass is 373 g/mol. The fourth-order valence-electron chi connectivity index (χ4n) is 3.85. The van der Waals surface area contributed by atoms with E-state index in [9.17, 15) is 14.7 Å². The lowest BCUT2D eigenvalue weighted by Crippen LogP contribution is -2.15. The van der Waals surface area contributed by atoms with E-state index < -0.39 is 11.9 Å². The van der Waals surface area contributed by atoms with Gasteiger partial charge in [-0.15, -0.1) is 0 Å². The molecule has 0 aliphatic heterocycles. The Balaban J connectivity index is 1.62. The second kappa shape index (κ2) is 7.19. The number of hydrogen-bond donors (Lipinski definition) is 2. The number of rotatable bonds is 5. The number of para-hydroxylation sites is 1. The molecule has 5 nitrogen and oxygen atoms in total. The second-order valence-corrected chi connectivity index (χ2v) is 6.61. The van der Waals surface area contributed by atoms with Gasteiger partial charge in [-0.05, 0) is 34.4 Å². The first-order valence-electron chi connectivity index (χ1n) is 9.01. The van der Waals surface area contributed by atoms with Gasteiger partial charge in [-0.2, -0.15) is 0 Å². The van der Waals surface area contributed by atoms with Crippen molar-refractivity contribution in [2.24, 2.45) is 0 Å². The van der Waals surface area contributed by atoms with Gasteiger partial charge in [0.15, 0.2) is 0 Å². The Labute approximate surface area is 162 Å². The zero-order valence-electron chi connectivity index (χ0n) is 15.3. The summed E-state index contributed by atoms with van der Waals surface area (Å²) in [6.07, 6.45) is 0. The van der Waals surface area contributed by atoms with Gasteiger partial charge in [0, 0.05) is 13.0 Å². The maximum absolute atomic E-state index is 12.7. The van der Waals surface area contributed by atoms with E-state index in [0.717, 1.165) is 22.3 Å². The molecule has 3 aromatic rings. The SMILES string of the molecule is CNc1c(C(=O)O)cccc1C(=O)OCC1c2ccccc2-c2ccccc21. The first kappa shape index (κ1) is 17.8. The highest BCUT2D eigenvalue weighted by Gasteiger charge is 2.29. The van der Waals surface area contributed by atoms with E-state index in [1.165, 1.54) is 6.07 Å². The number of hydrogen-bond acceptors (Lipinski definition) is 4. The molecule has 5 heteroatoms. The average Bonchev–Trinajstić information content (AvgIpc) is 3.05. The van der Waals surface area contributed by atoms with Crippen LogP contribution in [0.15, 0.2) is 66.7 Å². The van der Waals surface area contributed by atoms with Crippen molar-refractivity contribution in [3.63, 3.8) is 0 Å². The third kappa shape index (κ3) is 2.91.